The summed E-state index contributed by atoms with van der Waals surface area (Å²) in [6, 6.07) is 14.4. The summed E-state index contributed by atoms with van der Waals surface area (Å²) in [5.41, 5.74) is 2.37. The second-order valence-corrected chi connectivity index (χ2v) is 5.44. The Balaban J connectivity index is 2.36. The minimum absolute atomic E-state index is 0.803. The first-order valence-electron chi connectivity index (χ1n) is 5.97. The van der Waals surface area contributed by atoms with Gasteiger partial charge in [0.25, 0.3) is 0 Å². The Morgan fingerprint density at radius 2 is 1.79 bits per heavy atom. The lowest BCUT2D eigenvalue weighted by Gasteiger charge is -2.12. The molecule has 1 heterocycles. The molecule has 0 aliphatic rings. The van der Waals surface area contributed by atoms with Crippen molar-refractivity contribution in [2.45, 2.75) is 4.90 Å². The standard InChI is InChI=1S/C16H12ClNS/c1-19-16-13(11-7-9-18-10-8-11)6-5-12-3-2-4-14(17)15(12)16/h2-10H,1H3. The second kappa shape index (κ2) is 5.24. The zero-order chi connectivity index (χ0) is 13.2. The molecule has 0 unspecified atom stereocenters. The Hall–Kier alpha value is -1.51. The monoisotopic (exact) mass is 285 g/mol. The van der Waals surface area contributed by atoms with E-state index in [9.17, 15) is 0 Å². The molecule has 0 radical (unpaired) electrons. The lowest BCUT2D eigenvalue weighted by Crippen LogP contribution is -1.86. The van der Waals surface area contributed by atoms with Gasteiger partial charge in [0, 0.05) is 27.7 Å². The number of hydrogen-bond acceptors (Lipinski definition) is 2. The molecule has 3 heteroatoms. The molecule has 2 aromatic carbocycles. The molecule has 94 valence electrons. The molecule has 3 rings (SSSR count). The van der Waals surface area contributed by atoms with Gasteiger partial charge in [-0.1, -0.05) is 35.9 Å². The number of halogens is 1. The number of thioether (sulfide) groups is 1. The Morgan fingerprint density at radius 1 is 1.00 bits per heavy atom. The average Bonchev–Trinajstić information content (AvgIpc) is 2.47. The van der Waals surface area contributed by atoms with Crippen molar-refractivity contribution in [2.24, 2.45) is 0 Å². The smallest absolute Gasteiger partial charge is 0.0495 e. The van der Waals surface area contributed by atoms with Crippen LogP contribution in [0.5, 0.6) is 0 Å². The number of aromatic nitrogens is 1. The van der Waals surface area contributed by atoms with Crippen molar-refractivity contribution in [3.63, 3.8) is 0 Å². The van der Waals surface area contributed by atoms with E-state index in [1.807, 2.05) is 36.7 Å². The fourth-order valence-electron chi connectivity index (χ4n) is 2.27. The zero-order valence-electron chi connectivity index (χ0n) is 10.4. The fourth-order valence-corrected chi connectivity index (χ4v) is 3.44. The first kappa shape index (κ1) is 12.5. The summed E-state index contributed by atoms with van der Waals surface area (Å²) >= 11 is 8.10. The van der Waals surface area contributed by atoms with Crippen molar-refractivity contribution in [3.05, 3.63) is 59.9 Å². The van der Waals surface area contributed by atoms with E-state index >= 15 is 0 Å². The molecule has 3 aromatic rings. The van der Waals surface area contributed by atoms with Gasteiger partial charge in [-0.3, -0.25) is 4.98 Å². The molecular formula is C16H12ClNS. The largest absolute Gasteiger partial charge is 0.265 e. The summed E-state index contributed by atoms with van der Waals surface area (Å²) < 4.78 is 0. The second-order valence-electron chi connectivity index (χ2n) is 4.22. The molecule has 0 aliphatic carbocycles. The fraction of sp³-hybridized carbons (Fsp3) is 0.0625. The molecule has 0 amide bonds. The molecule has 0 saturated carbocycles. The average molecular weight is 286 g/mol. The van der Waals surface area contributed by atoms with E-state index in [0.29, 0.717) is 0 Å². The van der Waals surface area contributed by atoms with Gasteiger partial charge < -0.3 is 0 Å². The molecule has 1 nitrogen and oxygen atoms in total. The summed E-state index contributed by atoms with van der Waals surface area (Å²) in [4.78, 5) is 5.29. The van der Waals surface area contributed by atoms with Crippen LogP contribution < -0.4 is 0 Å². The summed E-state index contributed by atoms with van der Waals surface area (Å²) in [5.74, 6) is 0. The van der Waals surface area contributed by atoms with Crippen molar-refractivity contribution in [1.29, 1.82) is 0 Å². The third kappa shape index (κ3) is 2.22. The highest BCUT2D eigenvalue weighted by Crippen LogP contribution is 2.39. The normalized spacial score (nSPS) is 10.8. The predicted octanol–water partition coefficient (Wildman–Crippen LogP) is 5.28. The number of fused-ring (bicyclic) bond motifs is 1. The van der Waals surface area contributed by atoms with Crippen LogP contribution >= 0.6 is 23.4 Å². The Labute approximate surface area is 121 Å². The molecule has 0 spiro atoms. The molecule has 0 fully saturated rings. The van der Waals surface area contributed by atoms with Gasteiger partial charge in [0.05, 0.1) is 0 Å². The van der Waals surface area contributed by atoms with Crippen LogP contribution in [0, 0.1) is 0 Å². The summed E-state index contributed by atoms with van der Waals surface area (Å²) in [6.45, 7) is 0. The highest BCUT2D eigenvalue weighted by Gasteiger charge is 2.11. The molecule has 0 aliphatic heterocycles. The number of rotatable bonds is 2. The number of benzene rings is 2. The van der Waals surface area contributed by atoms with Gasteiger partial charge >= 0.3 is 0 Å². The van der Waals surface area contributed by atoms with Crippen LogP contribution in [0.25, 0.3) is 21.9 Å². The van der Waals surface area contributed by atoms with E-state index in [1.54, 1.807) is 11.8 Å². The zero-order valence-corrected chi connectivity index (χ0v) is 12.0. The maximum atomic E-state index is 6.37. The lowest BCUT2D eigenvalue weighted by atomic mass is 10.0. The summed E-state index contributed by atoms with van der Waals surface area (Å²) in [6.07, 6.45) is 5.72. The minimum atomic E-state index is 0.803. The van der Waals surface area contributed by atoms with E-state index in [-0.39, 0.29) is 0 Å². The van der Waals surface area contributed by atoms with Crippen LogP contribution in [0.15, 0.2) is 59.8 Å². The summed E-state index contributed by atoms with van der Waals surface area (Å²) in [7, 11) is 0. The molecular weight excluding hydrogens is 274 g/mol. The van der Waals surface area contributed by atoms with E-state index < -0.39 is 0 Å². The third-order valence-electron chi connectivity index (χ3n) is 3.14. The molecule has 19 heavy (non-hydrogen) atoms. The van der Waals surface area contributed by atoms with Crippen molar-refractivity contribution >= 4 is 34.1 Å². The van der Waals surface area contributed by atoms with Gasteiger partial charge in [-0.05, 0) is 41.0 Å². The van der Waals surface area contributed by atoms with E-state index in [0.717, 1.165) is 10.4 Å². The molecule has 0 bridgehead atoms. The van der Waals surface area contributed by atoms with Crippen LogP contribution in [0.3, 0.4) is 0 Å². The topological polar surface area (TPSA) is 12.9 Å². The first-order chi connectivity index (χ1) is 9.31. The highest BCUT2D eigenvalue weighted by molar-refractivity contribution is 7.99. The number of hydrogen-bond donors (Lipinski definition) is 0. The number of nitrogens with zero attached hydrogens (tertiary/aromatic N) is 1. The molecule has 0 atom stereocenters. The van der Waals surface area contributed by atoms with Crippen LogP contribution in [0.4, 0.5) is 0 Å². The Bertz CT molecular complexity index is 725. The van der Waals surface area contributed by atoms with Gasteiger partial charge in [-0.15, -0.1) is 11.8 Å². The molecule has 0 N–H and O–H groups in total. The van der Waals surface area contributed by atoms with E-state index in [4.69, 9.17) is 11.6 Å². The van der Waals surface area contributed by atoms with Crippen LogP contribution in [-0.4, -0.2) is 11.2 Å². The summed E-state index contributed by atoms with van der Waals surface area (Å²) in [5, 5.41) is 3.11. The number of pyridine rings is 1. The van der Waals surface area contributed by atoms with Crippen molar-refractivity contribution < 1.29 is 0 Å². The molecule has 0 saturated heterocycles. The van der Waals surface area contributed by atoms with Gasteiger partial charge in [0.2, 0.25) is 0 Å². The SMILES string of the molecule is CSc1c(-c2ccncc2)ccc2cccc(Cl)c12. The van der Waals surface area contributed by atoms with Gasteiger partial charge in [-0.25, -0.2) is 0 Å². The maximum absolute atomic E-state index is 6.37. The Kier molecular flexibility index (Phi) is 3.45. The van der Waals surface area contributed by atoms with Crippen molar-refractivity contribution in [1.82, 2.24) is 4.98 Å². The maximum Gasteiger partial charge on any atom is 0.0495 e. The van der Waals surface area contributed by atoms with Gasteiger partial charge in [-0.2, -0.15) is 0 Å². The minimum Gasteiger partial charge on any atom is -0.265 e. The van der Waals surface area contributed by atoms with Crippen molar-refractivity contribution in [2.75, 3.05) is 6.26 Å². The van der Waals surface area contributed by atoms with Gasteiger partial charge in [0.15, 0.2) is 0 Å². The van der Waals surface area contributed by atoms with Crippen molar-refractivity contribution in [3.8, 4) is 11.1 Å². The van der Waals surface area contributed by atoms with Gasteiger partial charge in [0.1, 0.15) is 0 Å². The van der Waals surface area contributed by atoms with E-state index in [2.05, 4.69) is 29.4 Å². The van der Waals surface area contributed by atoms with Crippen LogP contribution in [0.2, 0.25) is 5.02 Å². The third-order valence-corrected chi connectivity index (χ3v) is 4.29. The predicted molar refractivity (Wildman–Crippen MR) is 84.0 cm³/mol. The highest BCUT2D eigenvalue weighted by atomic mass is 35.5. The molecule has 1 aromatic heterocycles. The quantitative estimate of drug-likeness (QED) is 0.594. The first-order valence-corrected chi connectivity index (χ1v) is 7.57. The van der Waals surface area contributed by atoms with Crippen LogP contribution in [0.1, 0.15) is 0 Å². The van der Waals surface area contributed by atoms with Crippen LogP contribution in [-0.2, 0) is 0 Å². The van der Waals surface area contributed by atoms with E-state index in [1.165, 1.54) is 21.4 Å². The lowest BCUT2D eigenvalue weighted by molar-refractivity contribution is 1.32. The Morgan fingerprint density at radius 3 is 2.53 bits per heavy atom.